The van der Waals surface area contributed by atoms with Crippen molar-refractivity contribution in [1.82, 2.24) is 19.8 Å². The van der Waals surface area contributed by atoms with Crippen LogP contribution in [0.1, 0.15) is 27.9 Å². The van der Waals surface area contributed by atoms with Crippen molar-refractivity contribution in [1.29, 1.82) is 0 Å². The first-order chi connectivity index (χ1) is 18.6. The number of nitrogens with zero attached hydrogens (tertiary/aromatic N) is 3. The molecule has 1 aliphatic rings. The third kappa shape index (κ3) is 5.95. The van der Waals surface area contributed by atoms with Crippen LogP contribution in [0.5, 0.6) is 0 Å². The lowest BCUT2D eigenvalue weighted by molar-refractivity contribution is -0.137. The summed E-state index contributed by atoms with van der Waals surface area (Å²) in [5.41, 5.74) is 2.23. The fourth-order valence-corrected chi connectivity index (χ4v) is 5.05. The van der Waals surface area contributed by atoms with Crippen LogP contribution in [0.4, 0.5) is 22.4 Å². The summed E-state index contributed by atoms with van der Waals surface area (Å²) in [4.78, 5) is 19.4. The molecule has 5 nitrogen and oxygen atoms in total. The van der Waals surface area contributed by atoms with Gasteiger partial charge in [-0.15, -0.1) is 0 Å². The van der Waals surface area contributed by atoms with E-state index in [1.165, 1.54) is 29.0 Å². The van der Waals surface area contributed by atoms with Crippen LogP contribution in [-0.4, -0.2) is 33.6 Å². The first-order valence-electron chi connectivity index (χ1n) is 12.1. The number of halogens is 6. The lowest BCUT2D eigenvalue weighted by atomic mass is 10.0. The minimum atomic E-state index is -4.55. The third-order valence-electron chi connectivity index (χ3n) is 6.61. The van der Waals surface area contributed by atoms with Gasteiger partial charge in [0.15, 0.2) is 0 Å². The predicted molar refractivity (Wildman–Crippen MR) is 143 cm³/mol. The van der Waals surface area contributed by atoms with Crippen molar-refractivity contribution in [2.24, 2.45) is 0 Å². The SMILES string of the molecule is O=C(NCc1ccnc(Cl)c1)n1c2c(c3ccc(C(F)(F)F)cc31)CN(C/C=C/c1ccc(Cl)c(F)c1)CC2. The molecular weight excluding hydrogens is 555 g/mol. The Morgan fingerprint density at radius 1 is 1.10 bits per heavy atom. The highest BCUT2D eigenvalue weighted by Gasteiger charge is 2.33. The number of aromatic nitrogens is 2. The van der Waals surface area contributed by atoms with E-state index in [0.29, 0.717) is 48.3 Å². The first-order valence-corrected chi connectivity index (χ1v) is 12.8. The molecule has 1 aliphatic heterocycles. The fraction of sp³-hybridized carbons (Fsp3) is 0.214. The van der Waals surface area contributed by atoms with Gasteiger partial charge in [0.1, 0.15) is 11.0 Å². The largest absolute Gasteiger partial charge is 0.416 e. The zero-order chi connectivity index (χ0) is 27.7. The van der Waals surface area contributed by atoms with Gasteiger partial charge in [-0.05, 0) is 53.1 Å². The Bertz CT molecular complexity index is 1580. The first kappa shape index (κ1) is 27.2. The monoisotopic (exact) mass is 576 g/mol. The minimum Gasteiger partial charge on any atom is -0.333 e. The van der Waals surface area contributed by atoms with Crippen molar-refractivity contribution in [3.05, 3.63) is 105 Å². The Morgan fingerprint density at radius 2 is 1.92 bits per heavy atom. The van der Waals surface area contributed by atoms with Gasteiger partial charge < -0.3 is 5.32 Å². The lowest BCUT2D eigenvalue weighted by Crippen LogP contribution is -2.34. The molecule has 0 saturated carbocycles. The van der Waals surface area contributed by atoms with E-state index in [2.05, 4.69) is 15.2 Å². The van der Waals surface area contributed by atoms with Gasteiger partial charge >= 0.3 is 12.2 Å². The quantitative estimate of drug-likeness (QED) is 0.200. The highest BCUT2D eigenvalue weighted by Crippen LogP contribution is 2.36. The molecule has 0 aliphatic carbocycles. The van der Waals surface area contributed by atoms with Crippen molar-refractivity contribution < 1.29 is 22.4 Å². The maximum atomic E-state index is 13.7. The van der Waals surface area contributed by atoms with Crippen molar-refractivity contribution in [3.63, 3.8) is 0 Å². The second-order valence-electron chi connectivity index (χ2n) is 9.20. The van der Waals surface area contributed by atoms with E-state index in [4.69, 9.17) is 23.2 Å². The Hall–Kier alpha value is -3.40. The molecule has 202 valence electrons. The summed E-state index contributed by atoms with van der Waals surface area (Å²) in [5, 5.41) is 3.71. The number of carbonyl (C=O) groups is 1. The van der Waals surface area contributed by atoms with Crippen molar-refractivity contribution in [2.75, 3.05) is 13.1 Å². The number of fused-ring (bicyclic) bond motifs is 3. The topological polar surface area (TPSA) is 50.2 Å². The van der Waals surface area contributed by atoms with E-state index in [1.54, 1.807) is 24.3 Å². The number of rotatable bonds is 5. The van der Waals surface area contributed by atoms with Gasteiger partial charge in [-0.25, -0.2) is 14.2 Å². The van der Waals surface area contributed by atoms with Gasteiger partial charge in [-0.2, -0.15) is 13.2 Å². The van der Waals surface area contributed by atoms with Gasteiger partial charge in [0, 0.05) is 49.9 Å². The average molecular weight is 577 g/mol. The van der Waals surface area contributed by atoms with Crippen molar-refractivity contribution >= 4 is 46.2 Å². The molecule has 0 bridgehead atoms. The summed E-state index contributed by atoms with van der Waals surface area (Å²) < 4.78 is 55.7. The van der Waals surface area contributed by atoms with Crippen molar-refractivity contribution in [2.45, 2.75) is 25.7 Å². The van der Waals surface area contributed by atoms with Crippen LogP contribution in [0, 0.1) is 5.82 Å². The van der Waals surface area contributed by atoms with Crippen molar-refractivity contribution in [3.8, 4) is 0 Å². The van der Waals surface area contributed by atoms with Crippen LogP contribution < -0.4 is 5.32 Å². The number of amides is 1. The molecule has 2 aromatic carbocycles. The molecule has 0 atom stereocenters. The van der Waals surface area contributed by atoms with Crippen LogP contribution in [0.15, 0.2) is 60.8 Å². The van der Waals surface area contributed by atoms with Gasteiger partial charge in [0.05, 0.1) is 16.1 Å². The summed E-state index contributed by atoms with van der Waals surface area (Å²) in [5.74, 6) is -0.502. The molecule has 0 spiro atoms. The van der Waals surface area contributed by atoms with Gasteiger partial charge in [-0.3, -0.25) is 9.47 Å². The molecule has 3 heterocycles. The zero-order valence-electron chi connectivity index (χ0n) is 20.4. The van der Waals surface area contributed by atoms with E-state index in [-0.39, 0.29) is 22.2 Å². The Labute approximate surface area is 231 Å². The molecule has 11 heteroatoms. The number of pyridine rings is 1. The van der Waals surface area contributed by atoms with E-state index < -0.39 is 23.6 Å². The molecule has 1 amide bonds. The van der Waals surface area contributed by atoms with Gasteiger partial charge in [0.2, 0.25) is 0 Å². The highest BCUT2D eigenvalue weighted by molar-refractivity contribution is 6.30. The second kappa shape index (κ2) is 11.0. The fourth-order valence-electron chi connectivity index (χ4n) is 4.74. The minimum absolute atomic E-state index is 0.0504. The van der Waals surface area contributed by atoms with Crippen LogP contribution in [0.25, 0.3) is 17.0 Å². The summed E-state index contributed by atoms with van der Waals surface area (Å²) >= 11 is 11.7. The Kier molecular flexibility index (Phi) is 7.66. The van der Waals surface area contributed by atoms with Gasteiger partial charge in [-0.1, -0.05) is 47.5 Å². The predicted octanol–water partition coefficient (Wildman–Crippen LogP) is 7.33. The normalized spacial score (nSPS) is 14.2. The molecule has 1 N–H and O–H groups in total. The summed E-state index contributed by atoms with van der Waals surface area (Å²) in [7, 11) is 0. The van der Waals surface area contributed by atoms with Gasteiger partial charge in [0.25, 0.3) is 0 Å². The van der Waals surface area contributed by atoms with Crippen LogP contribution in [0.3, 0.4) is 0 Å². The molecule has 39 heavy (non-hydrogen) atoms. The van der Waals surface area contributed by atoms with E-state index in [1.807, 2.05) is 6.08 Å². The molecule has 5 rings (SSSR count). The highest BCUT2D eigenvalue weighted by atomic mass is 35.5. The molecular formula is C28H22Cl2F4N4O. The molecule has 0 fully saturated rings. The Morgan fingerprint density at radius 3 is 2.67 bits per heavy atom. The van der Waals surface area contributed by atoms with Crippen LogP contribution in [0.2, 0.25) is 10.2 Å². The third-order valence-corrected chi connectivity index (χ3v) is 7.12. The van der Waals surface area contributed by atoms with Crippen LogP contribution >= 0.6 is 23.2 Å². The second-order valence-corrected chi connectivity index (χ2v) is 9.99. The maximum absolute atomic E-state index is 13.7. The number of carbonyl (C=O) groups excluding carboxylic acids is 1. The molecule has 0 unspecified atom stereocenters. The Balaban J connectivity index is 1.42. The number of hydrogen-bond donors (Lipinski definition) is 1. The summed E-state index contributed by atoms with van der Waals surface area (Å²) in [6, 6.07) is 10.8. The van der Waals surface area contributed by atoms with E-state index in [9.17, 15) is 22.4 Å². The molecule has 0 radical (unpaired) electrons. The average Bonchev–Trinajstić information content (AvgIpc) is 3.22. The van der Waals surface area contributed by atoms with E-state index in [0.717, 1.165) is 17.7 Å². The number of alkyl halides is 3. The summed E-state index contributed by atoms with van der Waals surface area (Å²) in [6.45, 7) is 1.70. The molecule has 4 aromatic rings. The number of hydrogen-bond acceptors (Lipinski definition) is 3. The maximum Gasteiger partial charge on any atom is 0.416 e. The lowest BCUT2D eigenvalue weighted by Gasteiger charge is -2.27. The number of benzene rings is 2. The molecule has 2 aromatic heterocycles. The smallest absolute Gasteiger partial charge is 0.333 e. The zero-order valence-corrected chi connectivity index (χ0v) is 21.9. The van der Waals surface area contributed by atoms with Crippen LogP contribution in [-0.2, 0) is 25.7 Å². The number of nitrogens with one attached hydrogen (secondary N) is 1. The molecule has 0 saturated heterocycles. The van der Waals surface area contributed by atoms with E-state index >= 15 is 0 Å². The standard InChI is InChI=1S/C28H22Cl2F4N4O/c29-22-6-3-17(12-23(22)31)2-1-10-37-11-8-24-21(16-37)20-5-4-19(28(32,33)34)14-25(20)38(24)27(39)36-15-18-7-9-35-26(30)13-18/h1-7,9,12-14H,8,10-11,15-16H2,(H,36,39)/b2-1+. The summed E-state index contributed by atoms with van der Waals surface area (Å²) in [6.07, 6.45) is 1.10.